The van der Waals surface area contributed by atoms with Crippen molar-refractivity contribution in [2.75, 3.05) is 0 Å². The fraction of sp³-hybridized carbons (Fsp3) is 0.429. The van der Waals surface area contributed by atoms with Crippen molar-refractivity contribution in [3.8, 4) is 0 Å². The van der Waals surface area contributed by atoms with Gasteiger partial charge in [0.25, 0.3) is 0 Å². The number of carboxylic acids is 2. The number of carboxylic acid groups (broad SMARTS) is 2. The third-order valence-corrected chi connectivity index (χ3v) is 1.38. The van der Waals surface area contributed by atoms with Gasteiger partial charge in [0.2, 0.25) is 0 Å². The van der Waals surface area contributed by atoms with Gasteiger partial charge in [0.15, 0.2) is 0 Å². The average Bonchev–Trinajstić information content (AvgIpc) is 1.84. The molecule has 0 saturated carbocycles. The van der Waals surface area contributed by atoms with Crippen molar-refractivity contribution in [3.05, 3.63) is 11.1 Å². The Kier molecular flexibility index (Phi) is 3.30. The molecule has 0 amide bonds. The minimum Gasteiger partial charge on any atom is -0.481 e. The van der Waals surface area contributed by atoms with Gasteiger partial charge in [-0.3, -0.25) is 4.79 Å². The van der Waals surface area contributed by atoms with Gasteiger partial charge in [-0.05, 0) is 13.8 Å². The van der Waals surface area contributed by atoms with Crippen LogP contribution in [0.25, 0.3) is 0 Å². The molecule has 0 aliphatic heterocycles. The maximum atomic E-state index is 10.3. The molecular formula is C7H10O4. The van der Waals surface area contributed by atoms with E-state index in [1.165, 1.54) is 13.8 Å². The Bertz CT molecular complexity index is 214. The van der Waals surface area contributed by atoms with Crippen LogP contribution in [0.1, 0.15) is 20.3 Å². The van der Waals surface area contributed by atoms with Crippen molar-refractivity contribution in [2.24, 2.45) is 0 Å². The van der Waals surface area contributed by atoms with Crippen LogP contribution in [0.2, 0.25) is 0 Å². The van der Waals surface area contributed by atoms with Crippen molar-refractivity contribution in [1.82, 2.24) is 0 Å². The molecule has 11 heavy (non-hydrogen) atoms. The molecular weight excluding hydrogens is 148 g/mol. The van der Waals surface area contributed by atoms with Crippen LogP contribution in [-0.4, -0.2) is 22.2 Å². The maximum Gasteiger partial charge on any atom is 0.331 e. The smallest absolute Gasteiger partial charge is 0.331 e. The van der Waals surface area contributed by atoms with Crippen molar-refractivity contribution >= 4 is 11.9 Å². The number of hydrogen-bond acceptors (Lipinski definition) is 2. The van der Waals surface area contributed by atoms with Crippen LogP contribution in [0.5, 0.6) is 0 Å². The fourth-order valence-corrected chi connectivity index (χ4v) is 0.542. The zero-order valence-corrected chi connectivity index (χ0v) is 6.42. The standard InChI is InChI=1S/C7H10O4/c1-4(3-6(8)9)5(2)7(10)11/h3H2,1-2H3,(H,8,9)(H,10,11). The number of hydrogen-bond donors (Lipinski definition) is 2. The molecule has 0 spiro atoms. The molecule has 0 bridgehead atoms. The van der Waals surface area contributed by atoms with Gasteiger partial charge in [-0.1, -0.05) is 5.57 Å². The Morgan fingerprint density at radius 1 is 1.18 bits per heavy atom. The Hall–Kier alpha value is -1.32. The molecule has 0 aromatic carbocycles. The molecule has 0 rings (SSSR count). The molecule has 0 saturated heterocycles. The first-order valence-corrected chi connectivity index (χ1v) is 3.06. The summed E-state index contributed by atoms with van der Waals surface area (Å²) in [6, 6.07) is 0. The summed E-state index contributed by atoms with van der Waals surface area (Å²) in [5.41, 5.74) is 0.484. The van der Waals surface area contributed by atoms with Crippen molar-refractivity contribution in [2.45, 2.75) is 20.3 Å². The Morgan fingerprint density at radius 3 is 1.91 bits per heavy atom. The quantitative estimate of drug-likeness (QED) is 0.598. The first-order chi connectivity index (χ1) is 4.95. The molecule has 0 aromatic heterocycles. The lowest BCUT2D eigenvalue weighted by atomic mass is 10.1. The van der Waals surface area contributed by atoms with Crippen molar-refractivity contribution < 1.29 is 19.8 Å². The van der Waals surface area contributed by atoms with E-state index < -0.39 is 11.9 Å². The first kappa shape index (κ1) is 9.68. The minimum absolute atomic E-state index is 0.104. The highest BCUT2D eigenvalue weighted by Crippen LogP contribution is 2.07. The molecule has 0 unspecified atom stereocenters. The van der Waals surface area contributed by atoms with Gasteiger partial charge < -0.3 is 10.2 Å². The summed E-state index contributed by atoms with van der Waals surface area (Å²) in [6.45, 7) is 2.89. The van der Waals surface area contributed by atoms with Crippen LogP contribution in [0, 0.1) is 0 Å². The van der Waals surface area contributed by atoms with Gasteiger partial charge in [0.1, 0.15) is 0 Å². The van der Waals surface area contributed by atoms with Crippen LogP contribution in [-0.2, 0) is 9.59 Å². The molecule has 2 N–H and O–H groups in total. The largest absolute Gasteiger partial charge is 0.481 e. The van der Waals surface area contributed by atoms with E-state index in [0.29, 0.717) is 5.57 Å². The lowest BCUT2D eigenvalue weighted by Gasteiger charge is -1.98. The minimum atomic E-state index is -1.07. The van der Waals surface area contributed by atoms with E-state index in [1.54, 1.807) is 0 Å². The predicted molar refractivity (Wildman–Crippen MR) is 38.3 cm³/mol. The third-order valence-electron chi connectivity index (χ3n) is 1.38. The summed E-state index contributed by atoms with van der Waals surface area (Å²) < 4.78 is 0. The molecule has 0 fully saturated rings. The Morgan fingerprint density at radius 2 is 1.64 bits per heavy atom. The van der Waals surface area contributed by atoms with E-state index in [9.17, 15) is 9.59 Å². The highest BCUT2D eigenvalue weighted by molar-refractivity contribution is 5.87. The first-order valence-electron chi connectivity index (χ1n) is 3.06. The molecule has 62 valence electrons. The molecule has 0 aliphatic rings. The highest BCUT2D eigenvalue weighted by atomic mass is 16.4. The summed E-state index contributed by atoms with van der Waals surface area (Å²) >= 11 is 0. The second kappa shape index (κ2) is 3.75. The monoisotopic (exact) mass is 158 g/mol. The summed E-state index contributed by atoms with van der Waals surface area (Å²) in [4.78, 5) is 20.4. The second-order valence-electron chi connectivity index (χ2n) is 2.28. The maximum absolute atomic E-state index is 10.3. The van der Waals surface area contributed by atoms with E-state index in [1.807, 2.05) is 0 Å². The normalized spacial score (nSPS) is 12.2. The summed E-state index contributed by atoms with van der Waals surface area (Å²) in [5, 5.41) is 16.7. The van der Waals surface area contributed by atoms with Gasteiger partial charge in [0.05, 0.1) is 6.42 Å². The fourth-order valence-electron chi connectivity index (χ4n) is 0.542. The zero-order valence-electron chi connectivity index (χ0n) is 6.42. The molecule has 0 atom stereocenters. The van der Waals surface area contributed by atoms with E-state index in [2.05, 4.69) is 0 Å². The summed E-state index contributed by atoms with van der Waals surface area (Å²) in [7, 11) is 0. The lowest BCUT2D eigenvalue weighted by molar-refractivity contribution is -0.136. The highest BCUT2D eigenvalue weighted by Gasteiger charge is 2.07. The molecule has 0 radical (unpaired) electrons. The van der Waals surface area contributed by atoms with Crippen molar-refractivity contribution in [1.29, 1.82) is 0 Å². The van der Waals surface area contributed by atoms with Crippen LogP contribution in [0.4, 0.5) is 0 Å². The lowest BCUT2D eigenvalue weighted by Crippen LogP contribution is -2.03. The van der Waals surface area contributed by atoms with E-state index in [0.717, 1.165) is 0 Å². The van der Waals surface area contributed by atoms with Crippen LogP contribution in [0.3, 0.4) is 0 Å². The zero-order chi connectivity index (χ0) is 9.02. The Labute approximate surface area is 64.2 Å². The van der Waals surface area contributed by atoms with Gasteiger partial charge in [-0.25, -0.2) is 4.79 Å². The average molecular weight is 158 g/mol. The van der Waals surface area contributed by atoms with Gasteiger partial charge >= 0.3 is 11.9 Å². The van der Waals surface area contributed by atoms with Crippen LogP contribution >= 0.6 is 0 Å². The topological polar surface area (TPSA) is 74.6 Å². The molecule has 0 aromatic rings. The summed E-state index contributed by atoms with van der Waals surface area (Å²) in [6.07, 6.45) is -0.210. The molecule has 0 heterocycles. The SMILES string of the molecule is CC(CC(=O)O)=C(C)C(=O)O. The summed E-state index contributed by atoms with van der Waals surface area (Å²) in [5.74, 6) is -2.08. The van der Waals surface area contributed by atoms with E-state index in [-0.39, 0.29) is 12.0 Å². The van der Waals surface area contributed by atoms with E-state index >= 15 is 0 Å². The Balaban J connectivity index is 4.40. The third kappa shape index (κ3) is 3.40. The second-order valence-corrected chi connectivity index (χ2v) is 2.28. The molecule has 0 aliphatic carbocycles. The van der Waals surface area contributed by atoms with Crippen LogP contribution < -0.4 is 0 Å². The number of carbonyl (C=O) groups is 2. The van der Waals surface area contributed by atoms with Gasteiger partial charge in [-0.15, -0.1) is 0 Å². The predicted octanol–water partition coefficient (Wildman–Crippen LogP) is 0.882. The van der Waals surface area contributed by atoms with Gasteiger partial charge in [-0.2, -0.15) is 0 Å². The van der Waals surface area contributed by atoms with Gasteiger partial charge in [0, 0.05) is 5.57 Å². The number of aliphatic carboxylic acids is 2. The molecule has 4 heteroatoms. The van der Waals surface area contributed by atoms with Crippen molar-refractivity contribution in [3.63, 3.8) is 0 Å². The van der Waals surface area contributed by atoms with E-state index in [4.69, 9.17) is 10.2 Å². The molecule has 4 nitrogen and oxygen atoms in total. The van der Waals surface area contributed by atoms with Crippen LogP contribution in [0.15, 0.2) is 11.1 Å². The number of rotatable bonds is 3.